The Morgan fingerprint density at radius 2 is 2.14 bits per heavy atom. The largest absolute Gasteiger partial charge is 0.366 e. The molecule has 2 aromatic rings. The van der Waals surface area contributed by atoms with Gasteiger partial charge in [-0.1, -0.05) is 0 Å². The van der Waals surface area contributed by atoms with Crippen molar-refractivity contribution in [3.63, 3.8) is 0 Å². The molecule has 0 bridgehead atoms. The van der Waals surface area contributed by atoms with E-state index in [4.69, 9.17) is 12.2 Å². The van der Waals surface area contributed by atoms with E-state index in [-0.39, 0.29) is 0 Å². The van der Waals surface area contributed by atoms with E-state index in [9.17, 15) is 0 Å². The van der Waals surface area contributed by atoms with Crippen molar-refractivity contribution < 1.29 is 0 Å². The number of H-pyrrole nitrogens is 1. The first-order valence-corrected chi connectivity index (χ1v) is 4.49. The van der Waals surface area contributed by atoms with Crippen molar-refractivity contribution in [2.75, 3.05) is 12.4 Å². The van der Waals surface area contributed by atoms with Crippen molar-refractivity contribution in [1.82, 2.24) is 20.7 Å². The Morgan fingerprint density at radius 3 is 2.93 bits per heavy atom. The Kier molecular flexibility index (Phi) is 2.28. The fourth-order valence-corrected chi connectivity index (χ4v) is 1.23. The summed E-state index contributed by atoms with van der Waals surface area (Å²) in [6.07, 6.45) is 0. The predicted molar refractivity (Wildman–Crippen MR) is 59.2 cm³/mol. The van der Waals surface area contributed by atoms with Gasteiger partial charge in [0.2, 0.25) is 0 Å². The van der Waals surface area contributed by atoms with Crippen molar-refractivity contribution in [3.8, 4) is 0 Å². The monoisotopic (exact) mass is 207 g/mol. The van der Waals surface area contributed by atoms with Gasteiger partial charge in [0.25, 0.3) is 0 Å². The van der Waals surface area contributed by atoms with Gasteiger partial charge in [-0.3, -0.25) is 0 Å². The molecule has 0 unspecified atom stereocenters. The third-order valence-electron chi connectivity index (χ3n) is 1.80. The zero-order valence-electron chi connectivity index (χ0n) is 7.53. The molecule has 0 saturated carbocycles. The van der Waals surface area contributed by atoms with E-state index in [1.54, 1.807) is 7.05 Å². The van der Waals surface area contributed by atoms with E-state index in [0.29, 0.717) is 5.11 Å². The van der Waals surface area contributed by atoms with Crippen LogP contribution in [0.3, 0.4) is 0 Å². The Hall–Kier alpha value is -1.69. The molecule has 0 radical (unpaired) electrons. The highest BCUT2D eigenvalue weighted by molar-refractivity contribution is 7.80. The molecule has 72 valence electrons. The van der Waals surface area contributed by atoms with Crippen LogP contribution in [0.2, 0.25) is 0 Å². The Morgan fingerprint density at radius 1 is 1.36 bits per heavy atom. The van der Waals surface area contributed by atoms with Crippen LogP contribution in [-0.4, -0.2) is 27.6 Å². The number of aromatic amines is 1. The van der Waals surface area contributed by atoms with Gasteiger partial charge in [-0.2, -0.15) is 15.4 Å². The normalized spacial score (nSPS) is 10.1. The standard InChI is InChI=1S/C8H9N5S/c1-9-8(14)10-5-2-3-6-7(4-5)12-13-11-6/h2-4H,1H3,(H2,9,10,14)(H,11,12,13). The van der Waals surface area contributed by atoms with E-state index >= 15 is 0 Å². The minimum Gasteiger partial charge on any atom is -0.366 e. The summed E-state index contributed by atoms with van der Waals surface area (Å²) in [5, 5.41) is 16.9. The first-order chi connectivity index (χ1) is 6.79. The quantitative estimate of drug-likeness (QED) is 0.606. The van der Waals surface area contributed by atoms with Crippen LogP contribution in [0.25, 0.3) is 11.0 Å². The van der Waals surface area contributed by atoms with Crippen molar-refractivity contribution in [3.05, 3.63) is 18.2 Å². The Labute approximate surface area is 85.9 Å². The van der Waals surface area contributed by atoms with Crippen molar-refractivity contribution in [2.45, 2.75) is 0 Å². The molecule has 0 aliphatic heterocycles. The van der Waals surface area contributed by atoms with E-state index in [1.807, 2.05) is 18.2 Å². The molecule has 2 rings (SSSR count). The fourth-order valence-electron chi connectivity index (χ4n) is 1.11. The lowest BCUT2D eigenvalue weighted by Crippen LogP contribution is -2.23. The van der Waals surface area contributed by atoms with Crippen molar-refractivity contribution in [2.24, 2.45) is 0 Å². The number of hydrogen-bond donors (Lipinski definition) is 3. The summed E-state index contributed by atoms with van der Waals surface area (Å²) in [6.45, 7) is 0. The number of rotatable bonds is 1. The number of nitrogens with one attached hydrogen (secondary N) is 3. The Bertz CT molecular complexity index is 463. The lowest BCUT2D eigenvalue weighted by Gasteiger charge is -2.05. The first kappa shape index (κ1) is 8.89. The highest BCUT2D eigenvalue weighted by atomic mass is 32.1. The summed E-state index contributed by atoms with van der Waals surface area (Å²) in [4.78, 5) is 0. The van der Waals surface area contributed by atoms with Gasteiger partial charge >= 0.3 is 0 Å². The molecule has 6 heteroatoms. The minimum absolute atomic E-state index is 0.577. The smallest absolute Gasteiger partial charge is 0.170 e. The van der Waals surface area contributed by atoms with E-state index in [0.717, 1.165) is 16.7 Å². The van der Waals surface area contributed by atoms with Gasteiger partial charge in [-0.25, -0.2) is 0 Å². The zero-order valence-corrected chi connectivity index (χ0v) is 8.35. The molecule has 0 amide bonds. The van der Waals surface area contributed by atoms with Gasteiger partial charge in [0.05, 0.1) is 0 Å². The molecule has 0 fully saturated rings. The second-order valence-corrected chi connectivity index (χ2v) is 3.14. The molecule has 0 atom stereocenters. The maximum Gasteiger partial charge on any atom is 0.170 e. The molecule has 14 heavy (non-hydrogen) atoms. The highest BCUT2D eigenvalue weighted by Gasteiger charge is 2.00. The van der Waals surface area contributed by atoms with Crippen molar-refractivity contribution in [1.29, 1.82) is 0 Å². The Balaban J connectivity index is 2.30. The third kappa shape index (κ3) is 1.64. The number of anilines is 1. The summed E-state index contributed by atoms with van der Waals surface area (Å²) in [5.74, 6) is 0. The van der Waals surface area contributed by atoms with Crippen LogP contribution in [0, 0.1) is 0 Å². The van der Waals surface area contributed by atoms with E-state index in [2.05, 4.69) is 26.0 Å². The van der Waals surface area contributed by atoms with Gasteiger partial charge < -0.3 is 10.6 Å². The van der Waals surface area contributed by atoms with E-state index in [1.165, 1.54) is 0 Å². The lowest BCUT2D eigenvalue weighted by atomic mass is 10.3. The molecule has 1 heterocycles. The van der Waals surface area contributed by atoms with Crippen LogP contribution >= 0.6 is 12.2 Å². The predicted octanol–water partition coefficient (Wildman–Crippen LogP) is 0.874. The molecule has 0 spiro atoms. The molecule has 0 aliphatic rings. The number of hydrogen-bond acceptors (Lipinski definition) is 3. The number of aromatic nitrogens is 3. The van der Waals surface area contributed by atoms with Crippen LogP contribution in [-0.2, 0) is 0 Å². The maximum atomic E-state index is 4.97. The van der Waals surface area contributed by atoms with Gasteiger partial charge in [-0.05, 0) is 30.4 Å². The van der Waals surface area contributed by atoms with Crippen LogP contribution in [0.5, 0.6) is 0 Å². The summed E-state index contributed by atoms with van der Waals surface area (Å²) < 4.78 is 0. The third-order valence-corrected chi connectivity index (χ3v) is 2.11. The topological polar surface area (TPSA) is 65.6 Å². The van der Waals surface area contributed by atoms with Gasteiger partial charge in [0, 0.05) is 12.7 Å². The number of nitrogens with zero attached hydrogens (tertiary/aromatic N) is 2. The van der Waals surface area contributed by atoms with Gasteiger partial charge in [0.15, 0.2) is 5.11 Å². The molecular formula is C8H9N5S. The van der Waals surface area contributed by atoms with Crippen LogP contribution in [0.15, 0.2) is 18.2 Å². The summed E-state index contributed by atoms with van der Waals surface area (Å²) >= 11 is 4.97. The highest BCUT2D eigenvalue weighted by Crippen LogP contribution is 2.14. The number of benzene rings is 1. The number of fused-ring (bicyclic) bond motifs is 1. The SMILES string of the molecule is CNC(=S)Nc1ccc2n[nH]nc2c1. The van der Waals surface area contributed by atoms with Gasteiger partial charge in [-0.15, -0.1) is 0 Å². The van der Waals surface area contributed by atoms with Crippen LogP contribution in [0.4, 0.5) is 5.69 Å². The average Bonchev–Trinajstić information content (AvgIpc) is 2.64. The first-order valence-electron chi connectivity index (χ1n) is 4.09. The van der Waals surface area contributed by atoms with Gasteiger partial charge in [0.1, 0.15) is 11.0 Å². The molecule has 1 aromatic carbocycles. The maximum absolute atomic E-state index is 4.97. The van der Waals surface area contributed by atoms with Crippen LogP contribution in [0.1, 0.15) is 0 Å². The minimum atomic E-state index is 0.577. The summed E-state index contributed by atoms with van der Waals surface area (Å²) in [7, 11) is 1.77. The van der Waals surface area contributed by atoms with E-state index < -0.39 is 0 Å². The average molecular weight is 207 g/mol. The molecule has 0 aliphatic carbocycles. The molecule has 5 nitrogen and oxygen atoms in total. The lowest BCUT2D eigenvalue weighted by molar-refractivity contribution is 0.959. The summed E-state index contributed by atoms with van der Waals surface area (Å²) in [6, 6.07) is 5.65. The molecule has 1 aromatic heterocycles. The molecule has 3 N–H and O–H groups in total. The fraction of sp³-hybridized carbons (Fsp3) is 0.125. The van der Waals surface area contributed by atoms with Crippen molar-refractivity contribution >= 4 is 34.1 Å². The second-order valence-electron chi connectivity index (χ2n) is 2.73. The molecule has 0 saturated heterocycles. The zero-order chi connectivity index (χ0) is 9.97. The summed E-state index contributed by atoms with van der Waals surface area (Å²) in [5.41, 5.74) is 2.55. The molecular weight excluding hydrogens is 198 g/mol. The number of thiocarbonyl (C=S) groups is 1. The van der Waals surface area contributed by atoms with Crippen LogP contribution < -0.4 is 10.6 Å². The second kappa shape index (κ2) is 3.59.